The lowest BCUT2D eigenvalue weighted by atomic mass is 10.1. The molecule has 0 heterocycles. The number of halogens is 2. The van der Waals surface area contributed by atoms with Gasteiger partial charge in [-0.05, 0) is 47.1 Å². The van der Waals surface area contributed by atoms with Gasteiger partial charge in [0.05, 0.1) is 17.6 Å². The molecule has 0 unspecified atom stereocenters. The predicted molar refractivity (Wildman–Crippen MR) is 93.8 cm³/mol. The van der Waals surface area contributed by atoms with E-state index >= 15 is 0 Å². The highest BCUT2D eigenvalue weighted by molar-refractivity contribution is 9.10. The molecule has 0 aliphatic carbocycles. The molecule has 1 atom stereocenters. The van der Waals surface area contributed by atoms with Gasteiger partial charge < -0.3 is 14.4 Å². The monoisotopic (exact) mass is 395 g/mol. The van der Waals surface area contributed by atoms with E-state index in [1.165, 1.54) is 18.2 Å². The van der Waals surface area contributed by atoms with Crippen LogP contribution >= 0.6 is 15.9 Å². The van der Waals surface area contributed by atoms with E-state index in [1.807, 2.05) is 31.2 Å². The summed E-state index contributed by atoms with van der Waals surface area (Å²) in [6.45, 7) is 1.78. The van der Waals surface area contributed by atoms with Crippen molar-refractivity contribution in [1.29, 1.82) is 0 Å². The molecular formula is C18H19BrFNO3. The van der Waals surface area contributed by atoms with Crippen LogP contribution in [0.25, 0.3) is 0 Å². The fourth-order valence-electron chi connectivity index (χ4n) is 2.27. The summed E-state index contributed by atoms with van der Waals surface area (Å²) < 4.78 is 24.4. The van der Waals surface area contributed by atoms with E-state index in [9.17, 15) is 9.18 Å². The van der Waals surface area contributed by atoms with Gasteiger partial charge in [-0.2, -0.15) is 0 Å². The smallest absolute Gasteiger partial charge is 0.260 e. The van der Waals surface area contributed by atoms with Crippen LogP contribution in [0.3, 0.4) is 0 Å². The van der Waals surface area contributed by atoms with Gasteiger partial charge in [0.25, 0.3) is 5.91 Å². The van der Waals surface area contributed by atoms with Gasteiger partial charge in [-0.3, -0.25) is 4.79 Å². The zero-order chi connectivity index (χ0) is 17.7. The van der Waals surface area contributed by atoms with Crippen LogP contribution in [0.1, 0.15) is 18.5 Å². The van der Waals surface area contributed by atoms with Crippen LogP contribution < -0.4 is 9.47 Å². The van der Waals surface area contributed by atoms with Crippen molar-refractivity contribution in [3.05, 3.63) is 58.3 Å². The molecule has 0 aliphatic rings. The molecule has 4 nitrogen and oxygen atoms in total. The minimum Gasteiger partial charge on any atom is -0.496 e. The first-order valence-corrected chi connectivity index (χ1v) is 8.19. The predicted octanol–water partition coefficient (Wildman–Crippen LogP) is 4.20. The zero-order valence-corrected chi connectivity index (χ0v) is 15.3. The van der Waals surface area contributed by atoms with Crippen molar-refractivity contribution in [2.24, 2.45) is 0 Å². The summed E-state index contributed by atoms with van der Waals surface area (Å²) in [6, 6.07) is 11.4. The van der Waals surface area contributed by atoms with Crippen molar-refractivity contribution < 1.29 is 18.7 Å². The highest BCUT2D eigenvalue weighted by atomic mass is 79.9. The molecule has 0 N–H and O–H groups in total. The zero-order valence-electron chi connectivity index (χ0n) is 13.8. The third kappa shape index (κ3) is 4.26. The molecule has 2 rings (SSSR count). The largest absolute Gasteiger partial charge is 0.496 e. The molecule has 0 spiro atoms. The van der Waals surface area contributed by atoms with Gasteiger partial charge in [0.1, 0.15) is 17.3 Å². The third-order valence-corrected chi connectivity index (χ3v) is 4.43. The standard InChI is InChI=1S/C18H19BrFNO3/c1-12(14-6-4-5-7-16(14)23-3)21(2)18(22)11-24-17-9-8-13(20)10-15(17)19/h4-10,12H,11H2,1-3H3/t12-/m0/s1. The maximum Gasteiger partial charge on any atom is 0.260 e. The average Bonchev–Trinajstić information content (AvgIpc) is 2.59. The van der Waals surface area contributed by atoms with E-state index < -0.39 is 0 Å². The van der Waals surface area contributed by atoms with Crippen molar-refractivity contribution in [3.8, 4) is 11.5 Å². The fourth-order valence-corrected chi connectivity index (χ4v) is 2.74. The Labute approximate surface area is 149 Å². The summed E-state index contributed by atoms with van der Waals surface area (Å²) in [5.41, 5.74) is 0.916. The summed E-state index contributed by atoms with van der Waals surface area (Å²) in [6.07, 6.45) is 0. The maximum absolute atomic E-state index is 13.1. The van der Waals surface area contributed by atoms with Crippen molar-refractivity contribution in [2.75, 3.05) is 20.8 Å². The number of hydrogen-bond acceptors (Lipinski definition) is 3. The Balaban J connectivity index is 2.03. The van der Waals surface area contributed by atoms with Gasteiger partial charge in [0.15, 0.2) is 6.61 Å². The third-order valence-electron chi connectivity index (χ3n) is 3.81. The minimum absolute atomic E-state index is 0.139. The van der Waals surface area contributed by atoms with Crippen LogP contribution in [0.15, 0.2) is 46.9 Å². The Kier molecular flexibility index (Phi) is 6.20. The lowest BCUT2D eigenvalue weighted by molar-refractivity contribution is -0.134. The van der Waals surface area contributed by atoms with Crippen LogP contribution in [-0.4, -0.2) is 31.6 Å². The Bertz CT molecular complexity index is 723. The maximum atomic E-state index is 13.1. The summed E-state index contributed by atoms with van der Waals surface area (Å²) in [7, 11) is 3.31. The molecule has 0 aromatic heterocycles. The Morgan fingerprint density at radius 2 is 1.96 bits per heavy atom. The van der Waals surface area contributed by atoms with Crippen LogP contribution in [-0.2, 0) is 4.79 Å². The number of likely N-dealkylation sites (N-methyl/N-ethyl adjacent to an activating group) is 1. The van der Waals surface area contributed by atoms with E-state index in [4.69, 9.17) is 9.47 Å². The van der Waals surface area contributed by atoms with Crippen molar-refractivity contribution in [3.63, 3.8) is 0 Å². The van der Waals surface area contributed by atoms with E-state index in [2.05, 4.69) is 15.9 Å². The molecule has 0 saturated carbocycles. The molecule has 6 heteroatoms. The normalized spacial score (nSPS) is 11.7. The van der Waals surface area contributed by atoms with Crippen molar-refractivity contribution in [1.82, 2.24) is 4.90 Å². The quantitative estimate of drug-likeness (QED) is 0.735. The Morgan fingerprint density at radius 1 is 1.25 bits per heavy atom. The van der Waals surface area contributed by atoms with Crippen molar-refractivity contribution >= 4 is 21.8 Å². The van der Waals surface area contributed by atoms with E-state index in [-0.39, 0.29) is 24.4 Å². The molecule has 0 fully saturated rings. The average molecular weight is 396 g/mol. The number of carbonyl (C=O) groups is 1. The molecule has 0 bridgehead atoms. The molecule has 0 radical (unpaired) electrons. The number of amides is 1. The van der Waals surface area contributed by atoms with E-state index in [0.717, 1.165) is 11.3 Å². The molecule has 128 valence electrons. The highest BCUT2D eigenvalue weighted by Crippen LogP contribution is 2.29. The van der Waals surface area contributed by atoms with Gasteiger partial charge in [0, 0.05) is 12.6 Å². The molecule has 24 heavy (non-hydrogen) atoms. The van der Waals surface area contributed by atoms with E-state index in [1.54, 1.807) is 19.1 Å². The molecule has 0 saturated heterocycles. The Hall–Kier alpha value is -2.08. The summed E-state index contributed by atoms with van der Waals surface area (Å²) in [5.74, 6) is 0.585. The number of nitrogens with zero attached hydrogens (tertiary/aromatic N) is 1. The Morgan fingerprint density at radius 3 is 2.62 bits per heavy atom. The number of hydrogen-bond donors (Lipinski definition) is 0. The van der Waals surface area contributed by atoms with Gasteiger partial charge in [-0.1, -0.05) is 18.2 Å². The summed E-state index contributed by atoms with van der Waals surface area (Å²) in [4.78, 5) is 14.0. The lowest BCUT2D eigenvalue weighted by Crippen LogP contribution is -2.33. The van der Waals surface area contributed by atoms with Gasteiger partial charge >= 0.3 is 0 Å². The molecule has 0 aliphatic heterocycles. The van der Waals surface area contributed by atoms with Gasteiger partial charge in [-0.25, -0.2) is 4.39 Å². The van der Waals surface area contributed by atoms with Crippen LogP contribution in [0.2, 0.25) is 0 Å². The second-order valence-corrected chi connectivity index (χ2v) is 6.14. The first kappa shape index (κ1) is 18.3. The lowest BCUT2D eigenvalue weighted by Gasteiger charge is -2.26. The first-order chi connectivity index (χ1) is 11.4. The number of carbonyl (C=O) groups excluding carboxylic acids is 1. The summed E-state index contributed by atoms with van der Waals surface area (Å²) >= 11 is 3.21. The van der Waals surface area contributed by atoms with Crippen molar-refractivity contribution in [2.45, 2.75) is 13.0 Å². The topological polar surface area (TPSA) is 38.8 Å². The SMILES string of the molecule is COc1ccccc1[C@H](C)N(C)C(=O)COc1ccc(F)cc1Br. The van der Waals surface area contributed by atoms with E-state index in [0.29, 0.717) is 10.2 Å². The fraction of sp³-hybridized carbons (Fsp3) is 0.278. The number of methoxy groups -OCH3 is 1. The summed E-state index contributed by atoms with van der Waals surface area (Å²) in [5, 5.41) is 0. The first-order valence-electron chi connectivity index (χ1n) is 7.40. The number of rotatable bonds is 6. The number of para-hydroxylation sites is 1. The molecule has 2 aromatic rings. The van der Waals surface area contributed by atoms with Crippen LogP contribution in [0.4, 0.5) is 4.39 Å². The molecular weight excluding hydrogens is 377 g/mol. The highest BCUT2D eigenvalue weighted by Gasteiger charge is 2.20. The molecule has 2 aromatic carbocycles. The number of benzene rings is 2. The molecule has 1 amide bonds. The van der Waals surface area contributed by atoms with Crippen LogP contribution in [0, 0.1) is 5.82 Å². The van der Waals surface area contributed by atoms with Gasteiger partial charge in [-0.15, -0.1) is 0 Å². The van der Waals surface area contributed by atoms with Crippen LogP contribution in [0.5, 0.6) is 11.5 Å². The number of ether oxygens (including phenoxy) is 2. The second-order valence-electron chi connectivity index (χ2n) is 5.29. The second kappa shape index (κ2) is 8.15. The van der Waals surface area contributed by atoms with Gasteiger partial charge in [0.2, 0.25) is 0 Å². The minimum atomic E-state index is -0.373.